The predicted molar refractivity (Wildman–Crippen MR) is 145 cm³/mol. The second-order valence-electron chi connectivity index (χ2n) is 9.14. The smallest absolute Gasteiger partial charge is 0.475 e. The van der Waals surface area contributed by atoms with E-state index in [0.29, 0.717) is 30.6 Å². The van der Waals surface area contributed by atoms with Gasteiger partial charge in [-0.2, -0.15) is 18.2 Å². The van der Waals surface area contributed by atoms with E-state index in [-0.39, 0.29) is 5.91 Å². The van der Waals surface area contributed by atoms with Crippen molar-refractivity contribution in [2.24, 2.45) is 5.92 Å². The first-order valence-electron chi connectivity index (χ1n) is 12.7. The number of benzene rings is 1. The molecule has 1 saturated carbocycles. The zero-order chi connectivity index (χ0) is 28.1. The van der Waals surface area contributed by atoms with Crippen molar-refractivity contribution in [3.05, 3.63) is 70.5 Å². The highest BCUT2D eigenvalue weighted by Gasteiger charge is 2.38. The van der Waals surface area contributed by atoms with Gasteiger partial charge in [-0.25, -0.2) is 9.78 Å². The van der Waals surface area contributed by atoms with Gasteiger partial charge in [0.1, 0.15) is 11.9 Å². The Bertz CT molecular complexity index is 1160. The van der Waals surface area contributed by atoms with E-state index in [1.54, 1.807) is 17.5 Å². The molecule has 1 aromatic carbocycles. The van der Waals surface area contributed by atoms with Gasteiger partial charge in [0.15, 0.2) is 0 Å². The maximum Gasteiger partial charge on any atom is 0.490 e. The number of carbonyl (C=O) groups is 2. The van der Waals surface area contributed by atoms with Crippen molar-refractivity contribution in [2.75, 3.05) is 17.2 Å². The molecule has 0 bridgehead atoms. The van der Waals surface area contributed by atoms with E-state index in [4.69, 9.17) is 9.90 Å². The number of carbonyl (C=O) groups excluding carboxylic acids is 1. The third-order valence-electron chi connectivity index (χ3n) is 6.11. The van der Waals surface area contributed by atoms with Crippen LogP contribution in [-0.2, 0) is 22.6 Å². The zero-order valence-electron chi connectivity index (χ0n) is 21.3. The summed E-state index contributed by atoms with van der Waals surface area (Å²) < 4.78 is 31.7. The lowest BCUT2D eigenvalue weighted by Crippen LogP contribution is -2.41. The summed E-state index contributed by atoms with van der Waals surface area (Å²) in [6.45, 7) is 1.43. The van der Waals surface area contributed by atoms with Crippen LogP contribution in [0.3, 0.4) is 0 Å². The summed E-state index contributed by atoms with van der Waals surface area (Å²) in [5.41, 5.74) is 1.10. The molecular weight excluding hydrogens is 531 g/mol. The number of amides is 1. The largest absolute Gasteiger partial charge is 0.490 e. The number of hydrogen-bond acceptors (Lipinski definition) is 7. The van der Waals surface area contributed by atoms with Crippen LogP contribution in [0.25, 0.3) is 0 Å². The van der Waals surface area contributed by atoms with Crippen molar-refractivity contribution in [1.29, 1.82) is 0 Å². The van der Waals surface area contributed by atoms with Crippen LogP contribution in [0.5, 0.6) is 0 Å². The molecule has 0 saturated heterocycles. The minimum Gasteiger partial charge on any atom is -0.475 e. The van der Waals surface area contributed by atoms with Crippen LogP contribution in [0, 0.1) is 5.92 Å². The number of rotatable bonds is 10. The molecule has 1 amide bonds. The molecule has 8 nitrogen and oxygen atoms in total. The second kappa shape index (κ2) is 15.1. The molecular formula is C27H32F3N5O3S. The summed E-state index contributed by atoms with van der Waals surface area (Å²) in [6.07, 6.45) is 3.76. The van der Waals surface area contributed by atoms with Gasteiger partial charge < -0.3 is 21.1 Å². The molecule has 2 heterocycles. The number of hydrogen-bond donors (Lipinski definition) is 4. The zero-order valence-corrected chi connectivity index (χ0v) is 22.1. The number of thiophene rings is 1. The molecule has 4 N–H and O–H groups in total. The van der Waals surface area contributed by atoms with Gasteiger partial charge >= 0.3 is 12.1 Å². The molecule has 1 fully saturated rings. The number of anilines is 2. The Morgan fingerprint density at radius 3 is 2.41 bits per heavy atom. The summed E-state index contributed by atoms with van der Waals surface area (Å²) in [7, 11) is 0. The third kappa shape index (κ3) is 10.9. The molecule has 0 spiro atoms. The Morgan fingerprint density at radius 1 is 1.05 bits per heavy atom. The SMILES string of the molecule is O=C(NCc1cccs1)[C@H](Cc1ccccc1)Nc1ccnc(NCC2CCCCC2)n1.O=C(O)C(F)(F)F. The summed E-state index contributed by atoms with van der Waals surface area (Å²) in [5.74, 6) is -0.848. The van der Waals surface area contributed by atoms with Crippen molar-refractivity contribution < 1.29 is 27.9 Å². The maximum absolute atomic E-state index is 13.0. The number of nitrogens with zero attached hydrogens (tertiary/aromatic N) is 2. The van der Waals surface area contributed by atoms with Gasteiger partial charge in [-0.1, -0.05) is 55.7 Å². The molecule has 0 aliphatic heterocycles. The lowest BCUT2D eigenvalue weighted by molar-refractivity contribution is -0.192. The average Bonchev–Trinajstić information content (AvgIpc) is 3.45. The third-order valence-corrected chi connectivity index (χ3v) is 6.99. The molecule has 0 unspecified atom stereocenters. The first-order valence-corrected chi connectivity index (χ1v) is 13.6. The van der Waals surface area contributed by atoms with Gasteiger partial charge in [-0.15, -0.1) is 11.3 Å². The monoisotopic (exact) mass is 563 g/mol. The van der Waals surface area contributed by atoms with Crippen LogP contribution < -0.4 is 16.0 Å². The number of alkyl halides is 3. The summed E-state index contributed by atoms with van der Waals surface area (Å²) in [4.78, 5) is 32.1. The topological polar surface area (TPSA) is 116 Å². The van der Waals surface area contributed by atoms with Gasteiger partial charge in [0, 0.05) is 24.0 Å². The highest BCUT2D eigenvalue weighted by atomic mass is 32.1. The molecule has 39 heavy (non-hydrogen) atoms. The van der Waals surface area contributed by atoms with Crippen LogP contribution in [0.4, 0.5) is 24.9 Å². The molecule has 1 atom stereocenters. The second-order valence-corrected chi connectivity index (χ2v) is 10.2. The van der Waals surface area contributed by atoms with Crippen molar-refractivity contribution in [2.45, 2.75) is 57.3 Å². The number of halogens is 3. The Balaban J connectivity index is 0.000000532. The van der Waals surface area contributed by atoms with E-state index in [1.807, 2.05) is 53.9 Å². The van der Waals surface area contributed by atoms with E-state index in [0.717, 1.165) is 17.0 Å². The van der Waals surface area contributed by atoms with Crippen LogP contribution in [-0.4, -0.2) is 45.7 Å². The van der Waals surface area contributed by atoms with E-state index in [2.05, 4.69) is 25.9 Å². The van der Waals surface area contributed by atoms with Crippen molar-refractivity contribution in [3.8, 4) is 0 Å². The number of aliphatic carboxylic acids is 1. The number of carboxylic acids is 1. The van der Waals surface area contributed by atoms with Crippen LogP contribution in [0.2, 0.25) is 0 Å². The molecule has 3 aromatic rings. The Kier molecular flexibility index (Phi) is 11.5. The van der Waals surface area contributed by atoms with Crippen molar-refractivity contribution in [1.82, 2.24) is 15.3 Å². The van der Waals surface area contributed by atoms with Crippen LogP contribution in [0.1, 0.15) is 42.5 Å². The van der Waals surface area contributed by atoms with Gasteiger partial charge in [0.05, 0.1) is 6.54 Å². The molecule has 4 rings (SSSR count). The Morgan fingerprint density at radius 2 is 1.77 bits per heavy atom. The fourth-order valence-corrected chi connectivity index (χ4v) is 4.74. The number of carboxylic acid groups (broad SMARTS) is 1. The van der Waals surface area contributed by atoms with E-state index >= 15 is 0 Å². The fourth-order valence-electron chi connectivity index (χ4n) is 4.10. The molecule has 0 radical (unpaired) electrons. The van der Waals surface area contributed by atoms with Gasteiger partial charge in [0.2, 0.25) is 11.9 Å². The lowest BCUT2D eigenvalue weighted by atomic mass is 9.89. The summed E-state index contributed by atoms with van der Waals surface area (Å²) >= 11 is 1.64. The number of aromatic nitrogens is 2. The number of nitrogens with one attached hydrogen (secondary N) is 3. The average molecular weight is 564 g/mol. The quantitative estimate of drug-likeness (QED) is 0.257. The summed E-state index contributed by atoms with van der Waals surface area (Å²) in [5, 5.41) is 18.9. The first kappa shape index (κ1) is 29.9. The van der Waals surface area contributed by atoms with Gasteiger partial charge in [-0.3, -0.25) is 4.79 Å². The maximum atomic E-state index is 13.0. The first-order chi connectivity index (χ1) is 18.7. The molecule has 12 heteroatoms. The van der Waals surface area contributed by atoms with Crippen molar-refractivity contribution in [3.63, 3.8) is 0 Å². The molecule has 1 aliphatic rings. The highest BCUT2D eigenvalue weighted by Crippen LogP contribution is 2.23. The molecule has 210 valence electrons. The Labute approximate surface area is 229 Å². The highest BCUT2D eigenvalue weighted by molar-refractivity contribution is 7.09. The minimum atomic E-state index is -5.08. The molecule has 1 aliphatic carbocycles. The van der Waals surface area contributed by atoms with Crippen LogP contribution in [0.15, 0.2) is 60.1 Å². The molecule has 2 aromatic heterocycles. The minimum absolute atomic E-state index is 0.0439. The predicted octanol–water partition coefficient (Wildman–Crippen LogP) is 5.50. The van der Waals surface area contributed by atoms with E-state index in [9.17, 15) is 18.0 Å². The summed E-state index contributed by atoms with van der Waals surface area (Å²) in [6, 6.07) is 15.5. The Hall–Kier alpha value is -3.67. The van der Waals surface area contributed by atoms with Crippen molar-refractivity contribution >= 4 is 35.0 Å². The van der Waals surface area contributed by atoms with E-state index < -0.39 is 18.2 Å². The van der Waals surface area contributed by atoms with Gasteiger partial charge in [-0.05, 0) is 41.8 Å². The normalized spacial score (nSPS) is 14.4. The fraction of sp³-hybridized carbons (Fsp3) is 0.407. The van der Waals surface area contributed by atoms with Gasteiger partial charge in [0.25, 0.3) is 0 Å². The van der Waals surface area contributed by atoms with E-state index in [1.165, 1.54) is 32.1 Å². The van der Waals surface area contributed by atoms with Crippen LogP contribution >= 0.6 is 11.3 Å². The lowest BCUT2D eigenvalue weighted by Gasteiger charge is -2.22. The standard InChI is InChI=1S/C25H31N5OS.C2HF3O2/c31-24(27-18-21-12-7-15-32-21)22(16-19-8-3-1-4-9-19)29-23-13-14-26-25(30-23)28-17-20-10-5-2-6-11-20;3-2(4,5)1(6)7/h1,3-4,7-9,12-15,20,22H,2,5-6,10-11,16-18H2,(H,27,31)(H2,26,28,29,30);(H,6,7)/t22-;/m0./s1.